The zero-order valence-corrected chi connectivity index (χ0v) is 20.9. The summed E-state index contributed by atoms with van der Waals surface area (Å²) in [6.45, 7) is 3.38. The Morgan fingerprint density at radius 2 is 1.74 bits per heavy atom. The van der Waals surface area contributed by atoms with Crippen LogP contribution in [0.15, 0.2) is 81.4 Å². The maximum Gasteiger partial charge on any atom is 0.259 e. The zero-order chi connectivity index (χ0) is 24.7. The monoisotopic (exact) mass is 507 g/mol. The summed E-state index contributed by atoms with van der Waals surface area (Å²) in [5.74, 6) is -0.486. The summed E-state index contributed by atoms with van der Waals surface area (Å²) in [4.78, 5) is 29.8. The minimum absolute atomic E-state index is 0.00901. The normalized spacial score (nSPS) is 16.2. The number of amides is 2. The number of carbonyl (C=O) groups is 2. The molecule has 1 unspecified atom stereocenters. The molecule has 1 aliphatic heterocycles. The standard InChI is InChI=1S/C26H25N3O4S2/c1-16-7-12-20(13-8-16)35(32,33)28-17(2)25(30)27-18-9-14-22-24(15-18)34-23-6-4-3-5-21(23)26(31)29(22)19-10-11-19/h3-9,12-15,17,19,28H,10-11H2,1-2H3,(H,27,30). The van der Waals surface area contributed by atoms with Crippen molar-refractivity contribution in [3.05, 3.63) is 77.9 Å². The molecule has 0 radical (unpaired) electrons. The fourth-order valence-corrected chi connectivity index (χ4v) is 6.29. The van der Waals surface area contributed by atoms with E-state index < -0.39 is 22.0 Å². The molecular weight excluding hydrogens is 482 g/mol. The van der Waals surface area contributed by atoms with E-state index in [4.69, 9.17) is 0 Å². The summed E-state index contributed by atoms with van der Waals surface area (Å²) in [6, 6.07) is 18.6. The predicted octanol–water partition coefficient (Wildman–Crippen LogP) is 4.57. The van der Waals surface area contributed by atoms with Crippen LogP contribution >= 0.6 is 11.8 Å². The SMILES string of the molecule is Cc1ccc(S(=O)(=O)NC(C)C(=O)Nc2ccc3c(c2)Sc2ccccc2C(=O)N3C2CC2)cc1. The average molecular weight is 508 g/mol. The van der Waals surface area contributed by atoms with Crippen LogP contribution in [0.3, 0.4) is 0 Å². The highest BCUT2D eigenvalue weighted by atomic mass is 32.2. The Labute approximate surface area is 209 Å². The summed E-state index contributed by atoms with van der Waals surface area (Å²) in [7, 11) is -3.84. The molecular formula is C26H25N3O4S2. The third-order valence-corrected chi connectivity index (χ3v) is 8.69. The van der Waals surface area contributed by atoms with Crippen LogP contribution < -0.4 is 14.9 Å². The van der Waals surface area contributed by atoms with Gasteiger partial charge in [-0.3, -0.25) is 9.59 Å². The van der Waals surface area contributed by atoms with Crippen LogP contribution in [0.1, 0.15) is 35.7 Å². The van der Waals surface area contributed by atoms with Gasteiger partial charge in [0.15, 0.2) is 0 Å². The van der Waals surface area contributed by atoms with Crippen molar-refractivity contribution < 1.29 is 18.0 Å². The van der Waals surface area contributed by atoms with Gasteiger partial charge in [0.05, 0.1) is 22.2 Å². The molecule has 3 aromatic rings. The van der Waals surface area contributed by atoms with E-state index in [2.05, 4.69) is 10.0 Å². The Hall–Kier alpha value is -3.14. The van der Waals surface area contributed by atoms with E-state index >= 15 is 0 Å². The second kappa shape index (κ2) is 9.14. The molecule has 1 saturated carbocycles. The second-order valence-corrected chi connectivity index (χ2v) is 11.6. The second-order valence-electron chi connectivity index (χ2n) is 8.83. The van der Waals surface area contributed by atoms with Gasteiger partial charge in [-0.2, -0.15) is 4.72 Å². The van der Waals surface area contributed by atoms with Crippen molar-refractivity contribution >= 4 is 45.0 Å². The summed E-state index contributed by atoms with van der Waals surface area (Å²) in [5.41, 5.74) is 2.97. The lowest BCUT2D eigenvalue weighted by Gasteiger charge is -2.23. The first-order valence-electron chi connectivity index (χ1n) is 11.4. The molecule has 1 fully saturated rings. The van der Waals surface area contributed by atoms with E-state index in [1.54, 1.807) is 18.2 Å². The molecule has 1 atom stereocenters. The lowest BCUT2D eigenvalue weighted by atomic mass is 10.1. The van der Waals surface area contributed by atoms with E-state index in [1.807, 2.05) is 48.2 Å². The van der Waals surface area contributed by atoms with Crippen LogP contribution in [0.4, 0.5) is 11.4 Å². The van der Waals surface area contributed by atoms with Crippen molar-refractivity contribution in [3.8, 4) is 0 Å². The van der Waals surface area contributed by atoms with Crippen LogP contribution in [0.2, 0.25) is 0 Å². The Balaban J connectivity index is 1.37. The van der Waals surface area contributed by atoms with Gasteiger partial charge in [-0.15, -0.1) is 0 Å². The van der Waals surface area contributed by atoms with Crippen LogP contribution in [-0.4, -0.2) is 32.3 Å². The van der Waals surface area contributed by atoms with Gasteiger partial charge in [0.1, 0.15) is 0 Å². The molecule has 5 rings (SSSR count). The first-order chi connectivity index (χ1) is 16.7. The number of nitrogens with zero attached hydrogens (tertiary/aromatic N) is 1. The van der Waals surface area contributed by atoms with Gasteiger partial charge < -0.3 is 10.2 Å². The number of hydrogen-bond acceptors (Lipinski definition) is 5. The van der Waals surface area contributed by atoms with E-state index in [1.165, 1.54) is 30.8 Å². The highest BCUT2D eigenvalue weighted by Gasteiger charge is 2.38. The van der Waals surface area contributed by atoms with E-state index in [0.29, 0.717) is 11.3 Å². The highest BCUT2D eigenvalue weighted by Crippen LogP contribution is 2.46. The molecule has 2 aliphatic rings. The van der Waals surface area contributed by atoms with Crippen molar-refractivity contribution in [2.24, 2.45) is 0 Å². The fourth-order valence-electron chi connectivity index (χ4n) is 3.98. The maximum absolute atomic E-state index is 13.3. The lowest BCUT2D eigenvalue weighted by molar-refractivity contribution is -0.117. The molecule has 0 aromatic heterocycles. The topological polar surface area (TPSA) is 95.6 Å². The Bertz CT molecular complexity index is 1420. The molecule has 9 heteroatoms. The van der Waals surface area contributed by atoms with Crippen molar-refractivity contribution in [2.75, 3.05) is 10.2 Å². The largest absolute Gasteiger partial charge is 0.325 e. The van der Waals surface area contributed by atoms with E-state index in [0.717, 1.165) is 33.9 Å². The van der Waals surface area contributed by atoms with Gasteiger partial charge in [-0.05, 0) is 69.2 Å². The number of sulfonamides is 1. The first-order valence-corrected chi connectivity index (χ1v) is 13.7. The predicted molar refractivity (Wildman–Crippen MR) is 136 cm³/mol. The summed E-state index contributed by atoms with van der Waals surface area (Å²) >= 11 is 1.49. The van der Waals surface area contributed by atoms with Crippen molar-refractivity contribution in [1.82, 2.24) is 4.72 Å². The molecule has 0 spiro atoms. The van der Waals surface area contributed by atoms with Crippen molar-refractivity contribution in [3.63, 3.8) is 0 Å². The summed E-state index contributed by atoms with van der Waals surface area (Å²) < 4.78 is 27.8. The molecule has 1 aliphatic carbocycles. The Morgan fingerprint density at radius 1 is 1.03 bits per heavy atom. The number of anilines is 2. The minimum atomic E-state index is -3.84. The van der Waals surface area contributed by atoms with Crippen LogP contribution in [0.25, 0.3) is 0 Å². The molecule has 1 heterocycles. The third kappa shape index (κ3) is 4.84. The molecule has 0 bridgehead atoms. The number of nitrogens with one attached hydrogen (secondary N) is 2. The molecule has 7 nitrogen and oxygen atoms in total. The quantitative estimate of drug-likeness (QED) is 0.509. The number of rotatable bonds is 6. The Kier molecular flexibility index (Phi) is 6.16. The number of benzene rings is 3. The maximum atomic E-state index is 13.3. The molecule has 2 amide bonds. The molecule has 180 valence electrons. The number of carbonyl (C=O) groups excluding carboxylic acids is 2. The van der Waals surface area contributed by atoms with Crippen LogP contribution in [-0.2, 0) is 14.8 Å². The Morgan fingerprint density at radius 3 is 2.46 bits per heavy atom. The first kappa shape index (κ1) is 23.6. The minimum Gasteiger partial charge on any atom is -0.325 e. The highest BCUT2D eigenvalue weighted by molar-refractivity contribution is 7.99. The molecule has 0 saturated heterocycles. The van der Waals surface area contributed by atoms with Crippen molar-refractivity contribution in [1.29, 1.82) is 0 Å². The van der Waals surface area contributed by atoms with Gasteiger partial charge in [-0.25, -0.2) is 8.42 Å². The van der Waals surface area contributed by atoms with Gasteiger partial charge in [0.2, 0.25) is 15.9 Å². The van der Waals surface area contributed by atoms with Gasteiger partial charge >= 0.3 is 0 Å². The fraction of sp³-hybridized carbons (Fsp3) is 0.231. The summed E-state index contributed by atoms with van der Waals surface area (Å²) in [5, 5.41) is 2.81. The number of aryl methyl sites for hydroxylation is 1. The van der Waals surface area contributed by atoms with Crippen LogP contribution in [0.5, 0.6) is 0 Å². The molecule has 3 aromatic carbocycles. The van der Waals surface area contributed by atoms with Gasteiger partial charge in [0, 0.05) is 21.5 Å². The molecule has 2 N–H and O–H groups in total. The van der Waals surface area contributed by atoms with Gasteiger partial charge in [0.25, 0.3) is 5.91 Å². The van der Waals surface area contributed by atoms with Crippen LogP contribution in [0, 0.1) is 6.92 Å². The number of fused-ring (bicyclic) bond motifs is 2. The smallest absolute Gasteiger partial charge is 0.259 e. The van der Waals surface area contributed by atoms with Gasteiger partial charge in [-0.1, -0.05) is 41.6 Å². The summed E-state index contributed by atoms with van der Waals surface area (Å²) in [6.07, 6.45) is 1.93. The molecule has 35 heavy (non-hydrogen) atoms. The number of hydrogen-bond donors (Lipinski definition) is 2. The van der Waals surface area contributed by atoms with Crippen molar-refractivity contribution in [2.45, 2.75) is 53.5 Å². The van der Waals surface area contributed by atoms with E-state index in [-0.39, 0.29) is 16.8 Å². The van der Waals surface area contributed by atoms with E-state index in [9.17, 15) is 18.0 Å². The lowest BCUT2D eigenvalue weighted by Crippen LogP contribution is -2.41. The zero-order valence-electron chi connectivity index (χ0n) is 19.3. The third-order valence-electron chi connectivity index (χ3n) is 6.01. The average Bonchev–Trinajstić information content (AvgIpc) is 3.66.